The number of benzene rings is 4. The van der Waals surface area contributed by atoms with E-state index < -0.39 is 0 Å². The summed E-state index contributed by atoms with van der Waals surface area (Å²) in [5.41, 5.74) is 7.74. The number of carbonyl (C=O) groups excluding carboxylic acids is 1. The topological polar surface area (TPSA) is 34.0 Å². The van der Waals surface area contributed by atoms with Crippen molar-refractivity contribution in [2.45, 2.75) is 26.4 Å². The largest absolute Gasteiger partial charge is 0.346 e. The van der Waals surface area contributed by atoms with E-state index in [9.17, 15) is 4.79 Å². The molecule has 3 nitrogen and oxygen atoms in total. The predicted molar refractivity (Wildman–Crippen MR) is 148 cm³/mol. The summed E-state index contributed by atoms with van der Waals surface area (Å²) < 4.78 is 3.33. The molecule has 4 aromatic carbocycles. The quantitative estimate of drug-likeness (QED) is 0.241. The predicted octanol–water partition coefficient (Wildman–Crippen LogP) is 7.92. The molecule has 0 spiro atoms. The van der Waals surface area contributed by atoms with Crippen molar-refractivity contribution < 1.29 is 4.79 Å². The Morgan fingerprint density at radius 2 is 1.54 bits per heavy atom. The molecule has 0 aliphatic heterocycles. The van der Waals surface area contributed by atoms with Gasteiger partial charge in [-0.05, 0) is 72.5 Å². The van der Waals surface area contributed by atoms with Crippen molar-refractivity contribution in [1.29, 1.82) is 0 Å². The first kappa shape index (κ1) is 23.1. The van der Waals surface area contributed by atoms with Crippen LogP contribution in [0.15, 0.2) is 108 Å². The molecular weight excluding hydrogens is 496 g/mol. The normalized spacial score (nSPS) is 12.0. The van der Waals surface area contributed by atoms with Crippen molar-refractivity contribution in [3.8, 4) is 11.1 Å². The van der Waals surface area contributed by atoms with E-state index >= 15 is 0 Å². The zero-order valence-electron chi connectivity index (χ0n) is 19.8. The van der Waals surface area contributed by atoms with Crippen LogP contribution >= 0.6 is 15.9 Å². The number of amides is 1. The van der Waals surface area contributed by atoms with Crippen LogP contribution in [0.25, 0.3) is 22.0 Å². The van der Waals surface area contributed by atoms with Gasteiger partial charge in [0.2, 0.25) is 0 Å². The molecule has 1 atom stereocenters. The molecule has 0 aliphatic rings. The van der Waals surface area contributed by atoms with Crippen LogP contribution in [-0.2, 0) is 6.54 Å². The van der Waals surface area contributed by atoms with E-state index in [1.54, 1.807) is 0 Å². The fourth-order valence-corrected chi connectivity index (χ4v) is 4.75. The second kappa shape index (κ2) is 9.93. The van der Waals surface area contributed by atoms with Crippen LogP contribution in [0.3, 0.4) is 0 Å². The Bertz CT molecular complexity index is 1470. The average Bonchev–Trinajstić information content (AvgIpc) is 3.19. The molecule has 5 rings (SSSR count). The summed E-state index contributed by atoms with van der Waals surface area (Å²) in [5, 5.41) is 4.19. The van der Waals surface area contributed by atoms with Crippen molar-refractivity contribution in [1.82, 2.24) is 9.88 Å². The van der Waals surface area contributed by atoms with Crippen LogP contribution in [-0.4, -0.2) is 10.5 Å². The van der Waals surface area contributed by atoms with Crippen LogP contribution in [0.4, 0.5) is 0 Å². The maximum atomic E-state index is 12.9. The summed E-state index contributed by atoms with van der Waals surface area (Å²) >= 11 is 3.46. The standard InChI is InChI=1S/C31H27BrN2O/c1-21-18-28-19-27(31(35)33-22(2)24-12-15-29(32)16-13-24)14-17-30(28)34(21)20-23-8-10-26(11-9-23)25-6-4-3-5-7-25/h3-19,22H,20H2,1-2H3,(H,33,35)/t22-/m0/s1. The first-order chi connectivity index (χ1) is 17.0. The smallest absolute Gasteiger partial charge is 0.251 e. The Kier molecular flexibility index (Phi) is 6.56. The summed E-state index contributed by atoms with van der Waals surface area (Å²) in [6.07, 6.45) is 0. The minimum absolute atomic E-state index is 0.0655. The maximum Gasteiger partial charge on any atom is 0.251 e. The van der Waals surface area contributed by atoms with Gasteiger partial charge in [-0.3, -0.25) is 4.79 Å². The number of hydrogen-bond acceptors (Lipinski definition) is 1. The molecule has 0 aliphatic carbocycles. The van der Waals surface area contributed by atoms with Gasteiger partial charge in [0.15, 0.2) is 0 Å². The number of nitrogens with one attached hydrogen (secondary N) is 1. The Morgan fingerprint density at radius 3 is 2.26 bits per heavy atom. The Morgan fingerprint density at radius 1 is 0.857 bits per heavy atom. The van der Waals surface area contributed by atoms with E-state index in [1.807, 2.05) is 49.4 Å². The van der Waals surface area contributed by atoms with Crippen molar-refractivity contribution >= 4 is 32.7 Å². The SMILES string of the molecule is Cc1cc2cc(C(=O)N[C@@H](C)c3ccc(Br)cc3)ccc2n1Cc1ccc(-c2ccccc2)cc1. The fraction of sp³-hybridized carbons (Fsp3) is 0.129. The van der Waals surface area contributed by atoms with Crippen molar-refractivity contribution in [2.75, 3.05) is 0 Å². The van der Waals surface area contributed by atoms with Crippen LogP contribution in [0.2, 0.25) is 0 Å². The first-order valence-electron chi connectivity index (χ1n) is 11.8. The molecule has 1 heterocycles. The van der Waals surface area contributed by atoms with Crippen LogP contribution < -0.4 is 5.32 Å². The lowest BCUT2D eigenvalue weighted by Gasteiger charge is -2.15. The Balaban J connectivity index is 1.33. The number of halogens is 1. The number of fused-ring (bicyclic) bond motifs is 1. The summed E-state index contributed by atoms with van der Waals surface area (Å²) in [4.78, 5) is 12.9. The molecule has 35 heavy (non-hydrogen) atoms. The van der Waals surface area contributed by atoms with Gasteiger partial charge in [0.05, 0.1) is 6.04 Å². The van der Waals surface area contributed by atoms with Gasteiger partial charge in [-0.15, -0.1) is 0 Å². The molecule has 5 aromatic rings. The molecule has 1 aromatic heterocycles. The average molecular weight is 523 g/mol. The van der Waals surface area contributed by atoms with Gasteiger partial charge in [0.1, 0.15) is 0 Å². The molecule has 0 fully saturated rings. The fourth-order valence-electron chi connectivity index (χ4n) is 4.49. The highest BCUT2D eigenvalue weighted by Crippen LogP contribution is 2.25. The molecule has 4 heteroatoms. The molecular formula is C31H27BrN2O. The third kappa shape index (κ3) is 5.08. The third-order valence-corrected chi connectivity index (χ3v) is 7.02. The Labute approximate surface area is 214 Å². The zero-order chi connectivity index (χ0) is 24.4. The Hall–Kier alpha value is -3.63. The highest BCUT2D eigenvalue weighted by atomic mass is 79.9. The highest BCUT2D eigenvalue weighted by Gasteiger charge is 2.14. The highest BCUT2D eigenvalue weighted by molar-refractivity contribution is 9.10. The number of nitrogens with zero attached hydrogens (tertiary/aromatic N) is 1. The van der Waals surface area contributed by atoms with Crippen LogP contribution in [0, 0.1) is 6.92 Å². The minimum atomic E-state index is -0.0727. The number of aromatic nitrogens is 1. The number of hydrogen-bond donors (Lipinski definition) is 1. The van der Waals surface area contributed by atoms with Gasteiger partial charge in [-0.25, -0.2) is 0 Å². The summed E-state index contributed by atoms with van der Waals surface area (Å²) in [6, 6.07) is 35.2. The molecule has 174 valence electrons. The van der Waals surface area contributed by atoms with E-state index in [-0.39, 0.29) is 11.9 Å². The van der Waals surface area contributed by atoms with E-state index in [4.69, 9.17) is 0 Å². The zero-order valence-corrected chi connectivity index (χ0v) is 21.4. The van der Waals surface area contributed by atoms with Crippen molar-refractivity contribution in [3.63, 3.8) is 0 Å². The van der Waals surface area contributed by atoms with Gasteiger partial charge >= 0.3 is 0 Å². The molecule has 0 saturated heterocycles. The van der Waals surface area contributed by atoms with Crippen LogP contribution in [0.1, 0.15) is 40.1 Å². The summed E-state index contributed by atoms with van der Waals surface area (Å²) in [5.74, 6) is -0.0655. The van der Waals surface area contributed by atoms with E-state index in [0.717, 1.165) is 27.5 Å². The lowest BCUT2D eigenvalue weighted by Crippen LogP contribution is -2.26. The third-order valence-electron chi connectivity index (χ3n) is 6.49. The summed E-state index contributed by atoms with van der Waals surface area (Å²) in [6.45, 7) is 4.91. The second-order valence-corrected chi connectivity index (χ2v) is 9.87. The van der Waals surface area contributed by atoms with Gasteiger partial charge in [0, 0.05) is 33.2 Å². The van der Waals surface area contributed by atoms with E-state index in [1.165, 1.54) is 22.4 Å². The van der Waals surface area contributed by atoms with Gasteiger partial charge in [-0.2, -0.15) is 0 Å². The molecule has 0 unspecified atom stereocenters. The van der Waals surface area contributed by atoms with Crippen molar-refractivity contribution in [2.24, 2.45) is 0 Å². The van der Waals surface area contributed by atoms with Gasteiger partial charge < -0.3 is 9.88 Å². The van der Waals surface area contributed by atoms with E-state index in [2.05, 4.69) is 93.4 Å². The molecule has 1 amide bonds. The molecule has 0 radical (unpaired) electrons. The van der Waals surface area contributed by atoms with Gasteiger partial charge in [-0.1, -0.05) is 82.7 Å². The maximum absolute atomic E-state index is 12.9. The van der Waals surface area contributed by atoms with Crippen molar-refractivity contribution in [3.05, 3.63) is 130 Å². The first-order valence-corrected chi connectivity index (χ1v) is 12.6. The monoisotopic (exact) mass is 522 g/mol. The molecule has 0 saturated carbocycles. The summed E-state index contributed by atoms with van der Waals surface area (Å²) in [7, 11) is 0. The lowest BCUT2D eigenvalue weighted by molar-refractivity contribution is 0.0940. The lowest BCUT2D eigenvalue weighted by atomic mass is 10.0. The number of carbonyl (C=O) groups is 1. The van der Waals surface area contributed by atoms with E-state index in [0.29, 0.717) is 5.56 Å². The minimum Gasteiger partial charge on any atom is -0.346 e. The molecule has 1 N–H and O–H groups in total. The van der Waals surface area contributed by atoms with Gasteiger partial charge in [0.25, 0.3) is 5.91 Å². The number of aryl methyl sites for hydroxylation is 1. The van der Waals surface area contributed by atoms with Crippen LogP contribution in [0.5, 0.6) is 0 Å². The second-order valence-electron chi connectivity index (χ2n) is 8.96. The number of rotatable bonds is 6. The molecule has 0 bridgehead atoms.